The number of likely N-dealkylation sites (tertiary alicyclic amines) is 1. The first kappa shape index (κ1) is 18.6. The number of piperazine rings is 1. The number of hydrogen-bond acceptors (Lipinski definition) is 5. The molecule has 2 unspecified atom stereocenters. The number of nitrogens with zero attached hydrogens (tertiary/aromatic N) is 3. The first-order valence-electron chi connectivity index (χ1n) is 9.48. The second-order valence-corrected chi connectivity index (χ2v) is 8.49. The van der Waals surface area contributed by atoms with Crippen LogP contribution in [0.2, 0.25) is 0 Å². The van der Waals surface area contributed by atoms with Crippen LogP contribution in [0, 0.1) is 5.92 Å². The maximum absolute atomic E-state index is 12.6. The van der Waals surface area contributed by atoms with Gasteiger partial charge >= 0.3 is 0 Å². The molecule has 0 aromatic rings. The van der Waals surface area contributed by atoms with E-state index in [4.69, 9.17) is 0 Å². The normalized spacial score (nSPS) is 28.9. The molecule has 142 valence electrons. The Labute approximate surface area is 150 Å². The third-order valence-electron chi connectivity index (χ3n) is 5.64. The van der Waals surface area contributed by atoms with E-state index in [1.54, 1.807) is 0 Å². The van der Waals surface area contributed by atoms with Crippen molar-refractivity contribution in [2.75, 3.05) is 45.8 Å². The number of nitrogens with one attached hydrogen (secondary N) is 1. The van der Waals surface area contributed by atoms with Gasteiger partial charge in [0, 0.05) is 65.2 Å². The smallest absolute Gasteiger partial charge is 0.224 e. The highest BCUT2D eigenvalue weighted by Crippen LogP contribution is 2.39. The number of hydrogen-bond donors (Lipinski definition) is 2. The minimum Gasteiger partial charge on any atom is -0.392 e. The Bertz CT molecular complexity index is 518. The molecule has 7 heteroatoms. The molecule has 3 fully saturated rings. The predicted octanol–water partition coefficient (Wildman–Crippen LogP) is -0.500. The molecule has 3 heterocycles. The van der Waals surface area contributed by atoms with E-state index in [1.165, 1.54) is 6.92 Å². The highest BCUT2D eigenvalue weighted by Gasteiger charge is 2.56. The van der Waals surface area contributed by atoms with Crippen LogP contribution in [-0.4, -0.2) is 95.1 Å². The molecule has 25 heavy (non-hydrogen) atoms. The van der Waals surface area contributed by atoms with Gasteiger partial charge in [0.15, 0.2) is 0 Å². The van der Waals surface area contributed by atoms with Gasteiger partial charge in [-0.3, -0.25) is 19.4 Å². The molecule has 0 saturated carbocycles. The lowest BCUT2D eigenvalue weighted by Crippen LogP contribution is -2.78. The summed E-state index contributed by atoms with van der Waals surface area (Å²) in [5.41, 5.74) is -0.00104. The summed E-state index contributed by atoms with van der Waals surface area (Å²) >= 11 is 0. The molecule has 3 rings (SSSR count). The fourth-order valence-corrected chi connectivity index (χ4v) is 4.82. The zero-order valence-corrected chi connectivity index (χ0v) is 15.7. The number of aliphatic hydroxyl groups excluding tert-OH is 1. The van der Waals surface area contributed by atoms with Crippen LogP contribution in [0.15, 0.2) is 0 Å². The van der Waals surface area contributed by atoms with Crippen molar-refractivity contribution >= 4 is 11.8 Å². The summed E-state index contributed by atoms with van der Waals surface area (Å²) in [7, 11) is 0. The van der Waals surface area contributed by atoms with E-state index in [2.05, 4.69) is 29.0 Å². The summed E-state index contributed by atoms with van der Waals surface area (Å²) in [5, 5.41) is 12.8. The van der Waals surface area contributed by atoms with Gasteiger partial charge in [0.25, 0.3) is 0 Å². The summed E-state index contributed by atoms with van der Waals surface area (Å²) in [6.45, 7) is 11.5. The molecule has 0 aliphatic carbocycles. The minimum atomic E-state index is -0.282. The third kappa shape index (κ3) is 3.99. The highest BCUT2D eigenvalue weighted by molar-refractivity contribution is 5.78. The van der Waals surface area contributed by atoms with Crippen LogP contribution in [0.25, 0.3) is 0 Å². The predicted molar refractivity (Wildman–Crippen MR) is 95.0 cm³/mol. The molecule has 3 saturated heterocycles. The molecule has 0 radical (unpaired) electrons. The van der Waals surface area contributed by atoms with Gasteiger partial charge < -0.3 is 15.3 Å². The summed E-state index contributed by atoms with van der Waals surface area (Å²) in [6.07, 6.45) is 0.817. The van der Waals surface area contributed by atoms with Crippen molar-refractivity contribution in [2.45, 2.75) is 51.3 Å². The summed E-state index contributed by atoms with van der Waals surface area (Å²) in [5.74, 6) is 0.643. The van der Waals surface area contributed by atoms with Gasteiger partial charge in [0.2, 0.25) is 11.8 Å². The van der Waals surface area contributed by atoms with E-state index in [1.807, 2.05) is 4.90 Å². The van der Waals surface area contributed by atoms with Gasteiger partial charge in [0.05, 0.1) is 11.6 Å². The summed E-state index contributed by atoms with van der Waals surface area (Å²) in [6, 6.07) is 0.259. The number of β-amino-alcohol motifs (C(OH)–C–C–N with tert-alkyl or cyclic N) is 1. The summed E-state index contributed by atoms with van der Waals surface area (Å²) in [4.78, 5) is 30.5. The van der Waals surface area contributed by atoms with Crippen molar-refractivity contribution < 1.29 is 14.7 Å². The van der Waals surface area contributed by atoms with E-state index < -0.39 is 0 Å². The fraction of sp³-hybridized carbons (Fsp3) is 0.889. The van der Waals surface area contributed by atoms with E-state index in [0.29, 0.717) is 25.4 Å². The number of rotatable bonds is 5. The largest absolute Gasteiger partial charge is 0.392 e. The van der Waals surface area contributed by atoms with Crippen molar-refractivity contribution in [1.29, 1.82) is 0 Å². The first-order chi connectivity index (χ1) is 11.8. The summed E-state index contributed by atoms with van der Waals surface area (Å²) < 4.78 is 0. The Hall–Kier alpha value is -1.18. The Morgan fingerprint density at radius 2 is 1.96 bits per heavy atom. The Balaban J connectivity index is 1.63. The van der Waals surface area contributed by atoms with Crippen LogP contribution in [0.1, 0.15) is 33.6 Å². The van der Waals surface area contributed by atoms with Gasteiger partial charge in [-0.15, -0.1) is 0 Å². The van der Waals surface area contributed by atoms with Gasteiger partial charge in [-0.1, -0.05) is 13.8 Å². The number of amides is 2. The molecule has 3 aliphatic rings. The van der Waals surface area contributed by atoms with Crippen molar-refractivity contribution in [2.24, 2.45) is 5.92 Å². The topological polar surface area (TPSA) is 76.1 Å². The van der Waals surface area contributed by atoms with E-state index in [9.17, 15) is 14.7 Å². The number of carbonyl (C=O) groups excluding carboxylic acids is 2. The Morgan fingerprint density at radius 3 is 2.60 bits per heavy atom. The quantitative estimate of drug-likeness (QED) is 0.698. The Kier molecular flexibility index (Phi) is 5.37. The molecular formula is C18H32N4O3. The van der Waals surface area contributed by atoms with Crippen LogP contribution in [0.5, 0.6) is 0 Å². The molecule has 0 aromatic carbocycles. The average Bonchev–Trinajstić information content (AvgIpc) is 2.85. The van der Waals surface area contributed by atoms with Crippen LogP contribution in [0.4, 0.5) is 0 Å². The van der Waals surface area contributed by atoms with Crippen LogP contribution >= 0.6 is 0 Å². The SMILES string of the molecule is CC(=O)NCCC(=O)N1CC2CC(O)CN2C2(CN(CC(C)C)C2)C1. The maximum atomic E-state index is 12.6. The third-order valence-corrected chi connectivity index (χ3v) is 5.64. The van der Waals surface area contributed by atoms with Crippen molar-refractivity contribution in [1.82, 2.24) is 20.0 Å². The van der Waals surface area contributed by atoms with E-state index in [0.717, 1.165) is 39.1 Å². The van der Waals surface area contributed by atoms with Gasteiger partial charge in [-0.05, 0) is 12.3 Å². The number of carbonyl (C=O) groups is 2. The van der Waals surface area contributed by atoms with Crippen LogP contribution < -0.4 is 5.32 Å². The van der Waals surface area contributed by atoms with Crippen molar-refractivity contribution in [3.05, 3.63) is 0 Å². The molecule has 0 aromatic heterocycles. The van der Waals surface area contributed by atoms with Crippen molar-refractivity contribution in [3.8, 4) is 0 Å². The van der Waals surface area contributed by atoms with Crippen molar-refractivity contribution in [3.63, 3.8) is 0 Å². The second-order valence-electron chi connectivity index (χ2n) is 8.49. The lowest BCUT2D eigenvalue weighted by molar-refractivity contribution is -0.150. The monoisotopic (exact) mass is 352 g/mol. The van der Waals surface area contributed by atoms with E-state index >= 15 is 0 Å². The molecule has 1 spiro atoms. The molecular weight excluding hydrogens is 320 g/mol. The molecule has 2 amide bonds. The average molecular weight is 352 g/mol. The second kappa shape index (κ2) is 7.21. The molecule has 0 bridgehead atoms. The number of fused-ring (bicyclic) bond motifs is 2. The van der Waals surface area contributed by atoms with Crippen LogP contribution in [0.3, 0.4) is 0 Å². The van der Waals surface area contributed by atoms with Gasteiger partial charge in [0.1, 0.15) is 0 Å². The molecule has 2 N–H and O–H groups in total. The number of aliphatic hydroxyl groups is 1. The Morgan fingerprint density at radius 1 is 1.24 bits per heavy atom. The maximum Gasteiger partial charge on any atom is 0.224 e. The zero-order chi connectivity index (χ0) is 18.2. The van der Waals surface area contributed by atoms with E-state index in [-0.39, 0.29) is 29.5 Å². The lowest BCUT2D eigenvalue weighted by atomic mass is 9.83. The zero-order valence-electron chi connectivity index (χ0n) is 15.7. The van der Waals surface area contributed by atoms with Gasteiger partial charge in [-0.2, -0.15) is 0 Å². The van der Waals surface area contributed by atoms with Crippen LogP contribution in [-0.2, 0) is 9.59 Å². The standard InChI is InChI=1S/C18H32N4O3/c1-13(2)7-20-10-18(11-20)12-21(17(25)4-5-19-14(3)23)8-15-6-16(24)9-22(15)18/h13,15-16,24H,4-12H2,1-3H3,(H,19,23). The molecule has 7 nitrogen and oxygen atoms in total. The molecule has 2 atom stereocenters. The molecule has 3 aliphatic heterocycles. The first-order valence-corrected chi connectivity index (χ1v) is 9.48. The fourth-order valence-electron chi connectivity index (χ4n) is 4.82. The highest BCUT2D eigenvalue weighted by atomic mass is 16.3. The van der Waals surface area contributed by atoms with Gasteiger partial charge in [-0.25, -0.2) is 0 Å². The lowest BCUT2D eigenvalue weighted by Gasteiger charge is -2.61. The minimum absolute atomic E-state index is 0.00104.